The van der Waals surface area contributed by atoms with Crippen molar-refractivity contribution >= 4 is 11.8 Å². The standard InChI is InChI=1S/C17H16N2O2/c1-18-16(20)15-14(12-8-4-2-5-9-12)19-17(21-15)13-10-6-3-7-11-13/h2-11,14-15H,1H3,(H,18,20)/t14-,15+/m0/s1. The maximum absolute atomic E-state index is 12.1. The third kappa shape index (κ3) is 2.65. The van der Waals surface area contributed by atoms with Crippen LogP contribution in [0, 0.1) is 0 Å². The van der Waals surface area contributed by atoms with Crippen molar-refractivity contribution in [1.29, 1.82) is 0 Å². The molecule has 0 saturated heterocycles. The molecule has 2 atom stereocenters. The van der Waals surface area contributed by atoms with E-state index in [4.69, 9.17) is 4.74 Å². The highest BCUT2D eigenvalue weighted by Crippen LogP contribution is 2.31. The van der Waals surface area contributed by atoms with Crippen LogP contribution in [0.2, 0.25) is 0 Å². The number of hydrogen-bond acceptors (Lipinski definition) is 3. The first-order valence-electron chi connectivity index (χ1n) is 6.86. The van der Waals surface area contributed by atoms with E-state index in [2.05, 4.69) is 10.3 Å². The van der Waals surface area contributed by atoms with Gasteiger partial charge in [-0.15, -0.1) is 0 Å². The monoisotopic (exact) mass is 280 g/mol. The van der Waals surface area contributed by atoms with Crippen LogP contribution in [0.15, 0.2) is 65.7 Å². The highest BCUT2D eigenvalue weighted by molar-refractivity contribution is 5.98. The van der Waals surface area contributed by atoms with Gasteiger partial charge in [0.2, 0.25) is 12.0 Å². The Morgan fingerprint density at radius 1 is 1.05 bits per heavy atom. The molecule has 21 heavy (non-hydrogen) atoms. The quantitative estimate of drug-likeness (QED) is 0.938. The van der Waals surface area contributed by atoms with E-state index < -0.39 is 6.10 Å². The summed E-state index contributed by atoms with van der Waals surface area (Å²) in [6.45, 7) is 0. The summed E-state index contributed by atoms with van der Waals surface area (Å²) in [5.41, 5.74) is 1.85. The van der Waals surface area contributed by atoms with Gasteiger partial charge in [0.1, 0.15) is 6.04 Å². The second-order valence-corrected chi connectivity index (χ2v) is 4.81. The van der Waals surface area contributed by atoms with Gasteiger partial charge in [0.15, 0.2) is 0 Å². The van der Waals surface area contributed by atoms with Crippen LogP contribution >= 0.6 is 0 Å². The number of benzene rings is 2. The number of nitrogens with one attached hydrogen (secondary N) is 1. The van der Waals surface area contributed by atoms with Crippen LogP contribution in [0.1, 0.15) is 17.2 Å². The molecule has 0 aromatic heterocycles. The number of carbonyl (C=O) groups excluding carboxylic acids is 1. The molecule has 4 nitrogen and oxygen atoms in total. The van der Waals surface area contributed by atoms with Gasteiger partial charge in [-0.3, -0.25) is 4.79 Å². The van der Waals surface area contributed by atoms with Gasteiger partial charge in [-0.1, -0.05) is 48.5 Å². The zero-order valence-electron chi connectivity index (χ0n) is 11.7. The van der Waals surface area contributed by atoms with Gasteiger partial charge < -0.3 is 10.1 Å². The van der Waals surface area contributed by atoms with Gasteiger partial charge in [0, 0.05) is 12.6 Å². The number of rotatable bonds is 3. The second-order valence-electron chi connectivity index (χ2n) is 4.81. The molecule has 106 valence electrons. The molecule has 0 bridgehead atoms. The van der Waals surface area contributed by atoms with Crippen molar-refractivity contribution < 1.29 is 9.53 Å². The molecule has 0 saturated carbocycles. The van der Waals surface area contributed by atoms with Gasteiger partial charge in [-0.2, -0.15) is 0 Å². The van der Waals surface area contributed by atoms with Crippen LogP contribution < -0.4 is 5.32 Å². The Morgan fingerprint density at radius 3 is 2.29 bits per heavy atom. The fraction of sp³-hybridized carbons (Fsp3) is 0.176. The lowest BCUT2D eigenvalue weighted by molar-refractivity contribution is -0.128. The smallest absolute Gasteiger partial charge is 0.263 e. The van der Waals surface area contributed by atoms with E-state index in [0.717, 1.165) is 11.1 Å². The van der Waals surface area contributed by atoms with Crippen molar-refractivity contribution in [2.75, 3.05) is 7.05 Å². The van der Waals surface area contributed by atoms with Crippen LogP contribution in [0.3, 0.4) is 0 Å². The first kappa shape index (κ1) is 13.4. The van der Waals surface area contributed by atoms with Crippen LogP contribution in [-0.4, -0.2) is 25.0 Å². The molecular formula is C17H16N2O2. The molecule has 4 heteroatoms. The molecule has 0 unspecified atom stereocenters. The van der Waals surface area contributed by atoms with Gasteiger partial charge in [0.05, 0.1) is 0 Å². The molecule has 1 aliphatic rings. The zero-order chi connectivity index (χ0) is 14.7. The lowest BCUT2D eigenvalue weighted by atomic mass is 10.0. The highest BCUT2D eigenvalue weighted by Gasteiger charge is 2.37. The largest absolute Gasteiger partial charge is 0.461 e. The molecule has 1 heterocycles. The van der Waals surface area contributed by atoms with E-state index in [1.807, 2.05) is 60.7 Å². The fourth-order valence-corrected chi connectivity index (χ4v) is 2.37. The second kappa shape index (κ2) is 5.79. The topological polar surface area (TPSA) is 50.7 Å². The van der Waals surface area contributed by atoms with Crippen molar-refractivity contribution in [3.63, 3.8) is 0 Å². The predicted octanol–water partition coefficient (Wildman–Crippen LogP) is 2.32. The third-order valence-corrected chi connectivity index (χ3v) is 3.45. The Kier molecular flexibility index (Phi) is 3.69. The van der Waals surface area contributed by atoms with Crippen molar-refractivity contribution in [1.82, 2.24) is 5.32 Å². The minimum atomic E-state index is -0.632. The van der Waals surface area contributed by atoms with Gasteiger partial charge in [-0.25, -0.2) is 4.99 Å². The molecule has 1 aliphatic heterocycles. The van der Waals surface area contributed by atoms with Crippen molar-refractivity contribution in [3.8, 4) is 0 Å². The molecule has 3 rings (SSSR count). The number of aliphatic imine (C=N–C) groups is 1. The lowest BCUT2D eigenvalue weighted by Gasteiger charge is -2.16. The minimum absolute atomic E-state index is 0.168. The van der Waals surface area contributed by atoms with Crippen LogP contribution in [0.5, 0.6) is 0 Å². The van der Waals surface area contributed by atoms with E-state index in [1.54, 1.807) is 7.05 Å². The Morgan fingerprint density at radius 2 is 1.67 bits per heavy atom. The number of likely N-dealkylation sites (N-methyl/N-ethyl adjacent to an activating group) is 1. The molecule has 0 aliphatic carbocycles. The SMILES string of the molecule is CNC(=O)[C@@H]1OC(c2ccccc2)=N[C@H]1c1ccccc1. The van der Waals surface area contributed by atoms with E-state index in [0.29, 0.717) is 5.90 Å². The van der Waals surface area contributed by atoms with E-state index in [-0.39, 0.29) is 11.9 Å². The summed E-state index contributed by atoms with van der Waals surface area (Å²) >= 11 is 0. The molecule has 2 aromatic carbocycles. The lowest BCUT2D eigenvalue weighted by Crippen LogP contribution is -2.36. The normalized spacial score (nSPS) is 20.5. The van der Waals surface area contributed by atoms with E-state index >= 15 is 0 Å². The molecular weight excluding hydrogens is 264 g/mol. The maximum atomic E-state index is 12.1. The summed E-state index contributed by atoms with van der Waals surface area (Å²) in [6, 6.07) is 19.0. The summed E-state index contributed by atoms with van der Waals surface area (Å²) in [5, 5.41) is 2.64. The average molecular weight is 280 g/mol. The molecule has 1 N–H and O–H groups in total. The maximum Gasteiger partial charge on any atom is 0.263 e. The molecule has 1 amide bonds. The number of carbonyl (C=O) groups is 1. The minimum Gasteiger partial charge on any atom is -0.461 e. The van der Waals surface area contributed by atoms with E-state index in [9.17, 15) is 4.79 Å². The number of amides is 1. The summed E-state index contributed by atoms with van der Waals surface area (Å²) in [5.74, 6) is 0.344. The average Bonchev–Trinajstić information content (AvgIpc) is 3.01. The fourth-order valence-electron chi connectivity index (χ4n) is 2.37. The first-order chi connectivity index (χ1) is 10.3. The van der Waals surface area contributed by atoms with Crippen molar-refractivity contribution in [2.45, 2.75) is 12.1 Å². The van der Waals surface area contributed by atoms with Crippen LogP contribution in [-0.2, 0) is 9.53 Å². The number of hydrogen-bond donors (Lipinski definition) is 1. The van der Waals surface area contributed by atoms with Gasteiger partial charge >= 0.3 is 0 Å². The predicted molar refractivity (Wildman–Crippen MR) is 81.1 cm³/mol. The Bertz CT molecular complexity index is 653. The van der Waals surface area contributed by atoms with Gasteiger partial charge in [0.25, 0.3) is 5.91 Å². The van der Waals surface area contributed by atoms with Crippen molar-refractivity contribution in [3.05, 3.63) is 71.8 Å². The zero-order valence-corrected chi connectivity index (χ0v) is 11.7. The molecule has 0 spiro atoms. The van der Waals surface area contributed by atoms with Crippen LogP contribution in [0.4, 0.5) is 0 Å². The Balaban J connectivity index is 1.97. The Labute approximate surface area is 123 Å². The Hall–Kier alpha value is -2.62. The van der Waals surface area contributed by atoms with Gasteiger partial charge in [-0.05, 0) is 17.7 Å². The van der Waals surface area contributed by atoms with Crippen molar-refractivity contribution in [2.24, 2.45) is 4.99 Å². The first-order valence-corrected chi connectivity index (χ1v) is 6.86. The summed E-state index contributed by atoms with van der Waals surface area (Å²) in [7, 11) is 1.61. The summed E-state index contributed by atoms with van der Waals surface area (Å²) < 4.78 is 5.81. The molecule has 0 fully saturated rings. The molecule has 0 radical (unpaired) electrons. The summed E-state index contributed by atoms with van der Waals surface area (Å²) in [6.07, 6.45) is -0.632. The number of ether oxygens (including phenoxy) is 1. The van der Waals surface area contributed by atoms with Crippen LogP contribution in [0.25, 0.3) is 0 Å². The highest BCUT2D eigenvalue weighted by atomic mass is 16.5. The number of nitrogens with zero attached hydrogens (tertiary/aromatic N) is 1. The van der Waals surface area contributed by atoms with E-state index in [1.165, 1.54) is 0 Å². The third-order valence-electron chi connectivity index (χ3n) is 3.45. The molecule has 2 aromatic rings. The summed E-state index contributed by atoms with van der Waals surface area (Å²) in [4.78, 5) is 16.7.